The lowest BCUT2D eigenvalue weighted by Crippen LogP contribution is -2.21. The predicted molar refractivity (Wildman–Crippen MR) is 59.2 cm³/mol. The first-order chi connectivity index (χ1) is 7.11. The average molecular weight is 224 g/mol. The van der Waals surface area contributed by atoms with Gasteiger partial charge in [-0.1, -0.05) is 6.92 Å². The Hall–Kier alpha value is -1.43. The molecule has 0 aliphatic carbocycles. The van der Waals surface area contributed by atoms with E-state index < -0.39 is 0 Å². The van der Waals surface area contributed by atoms with Crippen LogP contribution < -0.4 is 10.6 Å². The van der Waals surface area contributed by atoms with E-state index in [1.165, 1.54) is 0 Å². The summed E-state index contributed by atoms with van der Waals surface area (Å²) < 4.78 is 1.71. The summed E-state index contributed by atoms with van der Waals surface area (Å²) in [4.78, 5) is 11.6. The van der Waals surface area contributed by atoms with Crippen LogP contribution in [0.1, 0.15) is 24.2 Å². The number of nitrogens with zero attached hydrogens (tertiary/aromatic N) is 2. The fourth-order valence-corrected chi connectivity index (χ4v) is 1.92. The molecule has 0 radical (unpaired) electrons. The Morgan fingerprint density at radius 3 is 2.93 bits per heavy atom. The van der Waals surface area contributed by atoms with Gasteiger partial charge in [-0.15, -0.1) is 0 Å². The maximum atomic E-state index is 11.6. The molecule has 80 valence electrons. The van der Waals surface area contributed by atoms with Gasteiger partial charge in [-0.25, -0.2) is 0 Å². The highest BCUT2D eigenvalue weighted by atomic mass is 32.1. The molecule has 2 rings (SSSR count). The van der Waals surface area contributed by atoms with Crippen molar-refractivity contribution >= 4 is 23.2 Å². The highest BCUT2D eigenvalue weighted by molar-refractivity contribution is 7.80. The molecular formula is C9H12N4OS. The van der Waals surface area contributed by atoms with Gasteiger partial charge < -0.3 is 10.6 Å². The van der Waals surface area contributed by atoms with Gasteiger partial charge >= 0.3 is 0 Å². The molecule has 0 aromatic carbocycles. The molecule has 0 spiro atoms. The largest absolute Gasteiger partial charge is 0.347 e. The zero-order chi connectivity index (χ0) is 11.0. The van der Waals surface area contributed by atoms with E-state index in [2.05, 4.69) is 15.7 Å². The summed E-state index contributed by atoms with van der Waals surface area (Å²) in [5.41, 5.74) is 1.83. The zero-order valence-electron chi connectivity index (χ0n) is 8.57. The number of aryl methyl sites for hydroxylation is 2. The van der Waals surface area contributed by atoms with Crippen LogP contribution in [0.5, 0.6) is 0 Å². The van der Waals surface area contributed by atoms with Gasteiger partial charge in [-0.2, -0.15) is 5.10 Å². The maximum Gasteiger partial charge on any atom is 0.253 e. The molecule has 2 heterocycles. The lowest BCUT2D eigenvalue weighted by atomic mass is 10.1. The summed E-state index contributed by atoms with van der Waals surface area (Å²) in [5, 5.41) is 10.2. The number of nitrogens with one attached hydrogen (secondary N) is 2. The molecule has 1 saturated heterocycles. The molecule has 0 bridgehead atoms. The second kappa shape index (κ2) is 3.62. The second-order valence-corrected chi connectivity index (χ2v) is 3.86. The first-order valence-electron chi connectivity index (χ1n) is 4.75. The van der Waals surface area contributed by atoms with E-state index in [-0.39, 0.29) is 11.9 Å². The van der Waals surface area contributed by atoms with Crippen molar-refractivity contribution in [3.05, 3.63) is 17.5 Å². The van der Waals surface area contributed by atoms with Crippen LogP contribution >= 0.6 is 12.2 Å². The van der Waals surface area contributed by atoms with Gasteiger partial charge in [-0.3, -0.25) is 9.48 Å². The van der Waals surface area contributed by atoms with Gasteiger partial charge in [0.15, 0.2) is 5.11 Å². The minimum absolute atomic E-state index is 0.109. The maximum absolute atomic E-state index is 11.6. The average Bonchev–Trinajstić information content (AvgIpc) is 2.69. The van der Waals surface area contributed by atoms with E-state index in [9.17, 15) is 4.79 Å². The fourth-order valence-electron chi connectivity index (χ4n) is 1.70. The number of hydrogen-bond donors (Lipinski definition) is 2. The highest BCUT2D eigenvalue weighted by Gasteiger charge is 2.31. The Balaban J connectivity index is 2.36. The van der Waals surface area contributed by atoms with E-state index in [0.717, 1.165) is 17.7 Å². The van der Waals surface area contributed by atoms with Crippen LogP contribution in [0.25, 0.3) is 0 Å². The third-order valence-corrected chi connectivity index (χ3v) is 2.58. The molecule has 2 N–H and O–H groups in total. The number of aromatic nitrogens is 2. The predicted octanol–water partition coefficient (Wildman–Crippen LogP) is 0.0279. The Morgan fingerprint density at radius 1 is 1.67 bits per heavy atom. The monoisotopic (exact) mass is 224 g/mol. The number of carbonyl (C=O) groups is 1. The minimum Gasteiger partial charge on any atom is -0.347 e. The SMILES string of the molecule is CCc1nn(C)cc1C1NC(=S)NC1=O. The van der Waals surface area contributed by atoms with Crippen molar-refractivity contribution in [3.63, 3.8) is 0 Å². The zero-order valence-corrected chi connectivity index (χ0v) is 9.39. The van der Waals surface area contributed by atoms with Crippen molar-refractivity contribution < 1.29 is 4.79 Å². The normalized spacial score (nSPS) is 20.3. The molecular weight excluding hydrogens is 212 g/mol. The van der Waals surface area contributed by atoms with Gasteiger partial charge in [0.1, 0.15) is 6.04 Å². The molecule has 1 aromatic heterocycles. The van der Waals surface area contributed by atoms with Crippen LogP contribution in [0.4, 0.5) is 0 Å². The number of thiocarbonyl (C=S) groups is 1. The molecule has 15 heavy (non-hydrogen) atoms. The summed E-state index contributed by atoms with van der Waals surface area (Å²) in [6.45, 7) is 2.01. The first kappa shape index (κ1) is 10.1. The molecule has 1 fully saturated rings. The van der Waals surface area contributed by atoms with Gasteiger partial charge in [0.25, 0.3) is 5.91 Å². The van der Waals surface area contributed by atoms with Crippen LogP contribution in [0.3, 0.4) is 0 Å². The number of carbonyl (C=O) groups excluding carboxylic acids is 1. The first-order valence-corrected chi connectivity index (χ1v) is 5.16. The topological polar surface area (TPSA) is 59.0 Å². The van der Waals surface area contributed by atoms with Gasteiger partial charge in [-0.05, 0) is 18.6 Å². The third kappa shape index (κ3) is 1.72. The van der Waals surface area contributed by atoms with Crippen molar-refractivity contribution in [2.24, 2.45) is 7.05 Å². The van der Waals surface area contributed by atoms with E-state index in [4.69, 9.17) is 12.2 Å². The van der Waals surface area contributed by atoms with Gasteiger partial charge in [0, 0.05) is 18.8 Å². The standard InChI is InChI=1S/C9H12N4OS/c1-3-6-5(4-13(2)12-6)7-8(14)11-9(15)10-7/h4,7H,3H2,1-2H3,(H2,10,11,14,15). The second-order valence-electron chi connectivity index (χ2n) is 3.45. The van der Waals surface area contributed by atoms with Crippen molar-refractivity contribution in [2.75, 3.05) is 0 Å². The van der Waals surface area contributed by atoms with Crippen molar-refractivity contribution in [1.29, 1.82) is 0 Å². The Labute approximate surface area is 92.8 Å². The quantitative estimate of drug-likeness (QED) is 0.696. The van der Waals surface area contributed by atoms with Crippen molar-refractivity contribution in [2.45, 2.75) is 19.4 Å². The smallest absolute Gasteiger partial charge is 0.253 e. The molecule has 1 amide bonds. The molecule has 1 aromatic rings. The molecule has 1 unspecified atom stereocenters. The van der Waals surface area contributed by atoms with E-state index in [0.29, 0.717) is 5.11 Å². The lowest BCUT2D eigenvalue weighted by molar-refractivity contribution is -0.120. The minimum atomic E-state index is -0.388. The summed E-state index contributed by atoms with van der Waals surface area (Å²) in [7, 11) is 1.84. The van der Waals surface area contributed by atoms with Crippen molar-refractivity contribution in [1.82, 2.24) is 20.4 Å². The van der Waals surface area contributed by atoms with E-state index in [1.54, 1.807) is 4.68 Å². The molecule has 1 atom stereocenters. The van der Waals surface area contributed by atoms with E-state index >= 15 is 0 Å². The summed E-state index contributed by atoms with van der Waals surface area (Å²) in [6, 6.07) is -0.388. The number of rotatable bonds is 2. The lowest BCUT2D eigenvalue weighted by Gasteiger charge is -2.06. The van der Waals surface area contributed by atoms with Crippen molar-refractivity contribution in [3.8, 4) is 0 Å². The third-order valence-electron chi connectivity index (χ3n) is 2.36. The number of amides is 1. The summed E-state index contributed by atoms with van der Waals surface area (Å²) in [6.07, 6.45) is 2.65. The molecule has 6 heteroatoms. The van der Waals surface area contributed by atoms with Crippen LogP contribution in [-0.2, 0) is 18.3 Å². The number of hydrogen-bond acceptors (Lipinski definition) is 3. The summed E-state index contributed by atoms with van der Waals surface area (Å²) >= 11 is 4.89. The fraction of sp³-hybridized carbons (Fsp3) is 0.444. The van der Waals surface area contributed by atoms with Crippen LogP contribution in [-0.4, -0.2) is 20.8 Å². The molecule has 0 saturated carbocycles. The van der Waals surface area contributed by atoms with Gasteiger partial charge in [0.2, 0.25) is 0 Å². The van der Waals surface area contributed by atoms with Gasteiger partial charge in [0.05, 0.1) is 5.69 Å². The molecule has 1 aliphatic rings. The van der Waals surface area contributed by atoms with E-state index in [1.807, 2.05) is 20.2 Å². The molecule has 5 nitrogen and oxygen atoms in total. The Kier molecular flexibility index (Phi) is 2.44. The van der Waals surface area contributed by atoms with Crippen LogP contribution in [0.2, 0.25) is 0 Å². The Morgan fingerprint density at radius 2 is 2.40 bits per heavy atom. The highest BCUT2D eigenvalue weighted by Crippen LogP contribution is 2.20. The summed E-state index contributed by atoms with van der Waals surface area (Å²) in [5.74, 6) is -0.109. The van der Waals surface area contributed by atoms with Crippen LogP contribution in [0.15, 0.2) is 6.20 Å². The molecule has 1 aliphatic heterocycles. The van der Waals surface area contributed by atoms with Crippen LogP contribution in [0, 0.1) is 0 Å². The Bertz CT molecular complexity index is 426.